The summed E-state index contributed by atoms with van der Waals surface area (Å²) in [6.45, 7) is 3.15. The number of carbonyl (C=O) groups excluding carboxylic acids is 1. The minimum atomic E-state index is -0.208. The second-order valence-electron chi connectivity index (χ2n) is 5.62. The molecule has 2 N–H and O–H groups in total. The highest BCUT2D eigenvalue weighted by Gasteiger charge is 2.29. The summed E-state index contributed by atoms with van der Waals surface area (Å²) in [6.07, 6.45) is 1.07. The molecule has 0 radical (unpaired) electrons. The van der Waals surface area contributed by atoms with Crippen LogP contribution in [-0.4, -0.2) is 30.6 Å². The van der Waals surface area contributed by atoms with Crippen LogP contribution in [0.3, 0.4) is 0 Å². The van der Waals surface area contributed by atoms with Gasteiger partial charge in [-0.1, -0.05) is 0 Å². The molecule has 1 aliphatic heterocycles. The van der Waals surface area contributed by atoms with Crippen LogP contribution in [-0.2, 0) is 16.0 Å². The van der Waals surface area contributed by atoms with Crippen LogP contribution in [0.25, 0.3) is 0 Å². The molecule has 128 valence electrons. The van der Waals surface area contributed by atoms with Gasteiger partial charge < -0.3 is 15.4 Å². The second kappa shape index (κ2) is 7.99. The van der Waals surface area contributed by atoms with Crippen molar-refractivity contribution in [2.75, 3.05) is 30.3 Å². The van der Waals surface area contributed by atoms with Crippen LogP contribution in [0.4, 0.5) is 11.6 Å². The molecule has 1 aromatic rings. The fraction of sp³-hybridized carbons (Fsp3) is 0.471. The predicted molar refractivity (Wildman–Crippen MR) is 89.0 cm³/mol. The quantitative estimate of drug-likeness (QED) is 0.809. The fourth-order valence-corrected chi connectivity index (χ4v) is 2.95. The number of anilines is 2. The summed E-state index contributed by atoms with van der Waals surface area (Å²) in [4.78, 5) is 17.9. The van der Waals surface area contributed by atoms with Crippen molar-refractivity contribution in [3.05, 3.63) is 16.7 Å². The van der Waals surface area contributed by atoms with Crippen LogP contribution in [0.5, 0.6) is 0 Å². The van der Waals surface area contributed by atoms with Crippen molar-refractivity contribution in [2.45, 2.75) is 26.2 Å². The number of hydrogen-bond acceptors (Lipinski definition) is 8. The minimum Gasteiger partial charge on any atom is -0.466 e. The van der Waals surface area contributed by atoms with E-state index in [2.05, 4.69) is 4.98 Å². The molecule has 0 amide bonds. The number of nitrogens with two attached hydrogens (primary N) is 1. The third kappa shape index (κ3) is 3.62. The first kappa shape index (κ1) is 18.0. The van der Waals surface area contributed by atoms with Crippen molar-refractivity contribution in [3.8, 4) is 18.2 Å². The number of hydrogen-bond donors (Lipinski definition) is 1. The van der Waals surface area contributed by atoms with Crippen LogP contribution in [0.15, 0.2) is 0 Å². The monoisotopic (exact) mass is 338 g/mol. The molecule has 0 saturated carbocycles. The zero-order valence-corrected chi connectivity index (χ0v) is 13.9. The SMILES string of the molecule is CCOC(=O)C1CCN(c2nc(N)c(C#N)c(CC#N)c2C#N)CC1. The number of ether oxygens (including phenoxy) is 1. The Bertz CT molecular complexity index is 791. The Morgan fingerprint density at radius 2 is 1.92 bits per heavy atom. The molecule has 0 aromatic carbocycles. The number of carbonyl (C=O) groups is 1. The molecule has 0 aliphatic carbocycles. The first-order chi connectivity index (χ1) is 12.1. The van der Waals surface area contributed by atoms with Crippen LogP contribution in [0.1, 0.15) is 36.5 Å². The minimum absolute atomic E-state index is 0.00858. The predicted octanol–water partition coefficient (Wildman–Crippen LogP) is 1.25. The zero-order chi connectivity index (χ0) is 18.4. The lowest BCUT2D eigenvalue weighted by Crippen LogP contribution is -2.38. The van der Waals surface area contributed by atoms with Gasteiger partial charge in [0.25, 0.3) is 0 Å². The summed E-state index contributed by atoms with van der Waals surface area (Å²) in [5.74, 6) is -0.00278. The molecule has 0 spiro atoms. The van der Waals surface area contributed by atoms with E-state index in [1.165, 1.54) is 0 Å². The first-order valence-electron chi connectivity index (χ1n) is 7.98. The van der Waals surface area contributed by atoms with E-state index >= 15 is 0 Å². The highest BCUT2D eigenvalue weighted by molar-refractivity contribution is 5.73. The van der Waals surface area contributed by atoms with Crippen molar-refractivity contribution < 1.29 is 9.53 Å². The summed E-state index contributed by atoms with van der Waals surface area (Å²) >= 11 is 0. The maximum Gasteiger partial charge on any atom is 0.309 e. The highest BCUT2D eigenvalue weighted by Crippen LogP contribution is 2.31. The molecular formula is C17H18N6O2. The molecule has 8 nitrogen and oxygen atoms in total. The molecule has 2 rings (SSSR count). The normalized spacial score (nSPS) is 14.2. The molecule has 8 heteroatoms. The van der Waals surface area contributed by atoms with Crippen LogP contribution < -0.4 is 10.6 Å². The average molecular weight is 338 g/mol. The van der Waals surface area contributed by atoms with Gasteiger partial charge in [-0.25, -0.2) is 4.98 Å². The van der Waals surface area contributed by atoms with E-state index in [-0.39, 0.29) is 35.3 Å². The van der Waals surface area contributed by atoms with E-state index in [0.29, 0.717) is 43.9 Å². The summed E-state index contributed by atoms with van der Waals surface area (Å²) in [5.41, 5.74) is 6.43. The van der Waals surface area contributed by atoms with Gasteiger partial charge in [0.1, 0.15) is 29.3 Å². The second-order valence-corrected chi connectivity index (χ2v) is 5.62. The number of aromatic nitrogens is 1. The van der Waals surface area contributed by atoms with Crippen molar-refractivity contribution in [1.29, 1.82) is 15.8 Å². The van der Waals surface area contributed by atoms with E-state index in [1.54, 1.807) is 6.92 Å². The molecule has 25 heavy (non-hydrogen) atoms. The van der Waals surface area contributed by atoms with Crippen molar-refractivity contribution >= 4 is 17.6 Å². The molecular weight excluding hydrogens is 320 g/mol. The Labute approximate surface area is 146 Å². The smallest absolute Gasteiger partial charge is 0.309 e. The van der Waals surface area contributed by atoms with Crippen LogP contribution >= 0.6 is 0 Å². The molecule has 2 heterocycles. The van der Waals surface area contributed by atoms with Crippen molar-refractivity contribution in [2.24, 2.45) is 5.92 Å². The number of nitriles is 3. The summed E-state index contributed by atoms with van der Waals surface area (Å²) in [5, 5.41) is 27.8. The molecule has 0 unspecified atom stereocenters. The van der Waals surface area contributed by atoms with E-state index in [9.17, 15) is 15.3 Å². The van der Waals surface area contributed by atoms with Gasteiger partial charge in [-0.2, -0.15) is 15.8 Å². The topological polar surface area (TPSA) is 140 Å². The Balaban J connectivity index is 2.32. The van der Waals surface area contributed by atoms with Gasteiger partial charge in [-0.15, -0.1) is 0 Å². The number of rotatable bonds is 4. The molecule has 1 aromatic heterocycles. The largest absolute Gasteiger partial charge is 0.466 e. The molecule has 1 aliphatic rings. The average Bonchev–Trinajstić information content (AvgIpc) is 2.62. The Morgan fingerprint density at radius 3 is 2.44 bits per heavy atom. The molecule has 1 fully saturated rings. The maximum atomic E-state index is 11.8. The summed E-state index contributed by atoms with van der Waals surface area (Å²) < 4.78 is 5.05. The highest BCUT2D eigenvalue weighted by atomic mass is 16.5. The van der Waals surface area contributed by atoms with E-state index in [4.69, 9.17) is 15.7 Å². The van der Waals surface area contributed by atoms with Gasteiger partial charge in [-0.3, -0.25) is 4.79 Å². The summed E-state index contributed by atoms with van der Waals surface area (Å²) in [7, 11) is 0. The van der Waals surface area contributed by atoms with E-state index < -0.39 is 0 Å². The Morgan fingerprint density at radius 1 is 1.28 bits per heavy atom. The lowest BCUT2D eigenvalue weighted by atomic mass is 9.95. The third-order valence-corrected chi connectivity index (χ3v) is 4.20. The van der Waals surface area contributed by atoms with Gasteiger partial charge >= 0.3 is 5.97 Å². The Hall–Kier alpha value is -3.31. The number of piperidine rings is 1. The lowest BCUT2D eigenvalue weighted by Gasteiger charge is -2.32. The Kier molecular flexibility index (Phi) is 5.76. The third-order valence-electron chi connectivity index (χ3n) is 4.20. The van der Waals surface area contributed by atoms with Gasteiger partial charge in [0.2, 0.25) is 0 Å². The number of pyridine rings is 1. The van der Waals surface area contributed by atoms with Gasteiger partial charge in [-0.05, 0) is 19.8 Å². The molecule has 1 saturated heterocycles. The number of nitrogen functional groups attached to an aromatic ring is 1. The molecule has 0 bridgehead atoms. The van der Waals surface area contributed by atoms with Gasteiger partial charge in [0.05, 0.1) is 30.6 Å². The number of esters is 1. The van der Waals surface area contributed by atoms with Gasteiger partial charge in [0.15, 0.2) is 0 Å². The van der Waals surface area contributed by atoms with Crippen molar-refractivity contribution in [1.82, 2.24) is 4.98 Å². The summed E-state index contributed by atoms with van der Waals surface area (Å²) in [6, 6.07) is 5.93. The number of nitrogens with zero attached hydrogens (tertiary/aromatic N) is 5. The standard InChI is InChI=1S/C17H18N6O2/c1-2-25-17(24)11-4-7-23(8-5-11)16-14(10-20)12(3-6-18)13(9-19)15(21)22-16/h11H,2-5,7-8H2,1H3,(H2,21,22). The van der Waals surface area contributed by atoms with E-state index in [1.807, 2.05) is 23.1 Å². The van der Waals surface area contributed by atoms with Crippen LogP contribution in [0, 0.1) is 39.9 Å². The van der Waals surface area contributed by atoms with Crippen LogP contribution in [0.2, 0.25) is 0 Å². The first-order valence-corrected chi connectivity index (χ1v) is 7.98. The maximum absolute atomic E-state index is 11.8. The fourth-order valence-electron chi connectivity index (χ4n) is 2.95. The van der Waals surface area contributed by atoms with Crippen molar-refractivity contribution in [3.63, 3.8) is 0 Å². The van der Waals surface area contributed by atoms with E-state index in [0.717, 1.165) is 0 Å². The zero-order valence-electron chi connectivity index (χ0n) is 13.9. The lowest BCUT2D eigenvalue weighted by molar-refractivity contribution is -0.148. The molecule has 0 atom stereocenters. The van der Waals surface area contributed by atoms with Gasteiger partial charge in [0, 0.05) is 18.7 Å².